The van der Waals surface area contributed by atoms with E-state index >= 15 is 0 Å². The quantitative estimate of drug-likeness (QED) is 0.117. The van der Waals surface area contributed by atoms with Gasteiger partial charge in [0, 0.05) is 118 Å². The lowest BCUT2D eigenvalue weighted by molar-refractivity contribution is 0.288. The Labute approximate surface area is 612 Å². The summed E-state index contributed by atoms with van der Waals surface area (Å²) in [5, 5.41) is 0. The van der Waals surface area contributed by atoms with Crippen LogP contribution in [0, 0.1) is 13.8 Å². The zero-order valence-electron chi connectivity index (χ0n) is 60.0. The molecule has 0 spiro atoms. The van der Waals surface area contributed by atoms with Crippen LogP contribution in [0.3, 0.4) is 0 Å². The Morgan fingerprint density at radius 1 is 0.279 bits per heavy atom. The van der Waals surface area contributed by atoms with Gasteiger partial charge in [-0.05, 0) is 187 Å². The van der Waals surface area contributed by atoms with E-state index in [0.717, 1.165) is 80.2 Å². The molecule has 0 saturated carbocycles. The average Bonchev–Trinajstić information content (AvgIpc) is 0.773. The first-order valence-electron chi connectivity index (χ1n) is 36.3. The van der Waals surface area contributed by atoms with Crippen LogP contribution in [0.25, 0.3) is 0 Å². The second-order valence-electron chi connectivity index (χ2n) is 28.6. The summed E-state index contributed by atoms with van der Waals surface area (Å²) in [7, 11) is 0. The molecular formula is C92H88N6O6. The molecule has 0 aliphatic carbocycles. The average molecular weight is 1370 g/mol. The molecule has 104 heavy (non-hydrogen) atoms. The zero-order valence-corrected chi connectivity index (χ0v) is 60.0. The smallest absolute Gasteiger partial charge is 0.161 e. The first-order valence-corrected chi connectivity index (χ1v) is 36.3. The van der Waals surface area contributed by atoms with Gasteiger partial charge in [-0.2, -0.15) is 0 Å². The SMILES string of the molecule is CC(c1ccc2c(c1)CN(c1ccccc1)CO2)c1ccc2c(c1)CN(c1ccccc1)CO2.Cc1ccc(N2COc3ccc(C(C)(C)c4ccc5c(c4)CN(c4ccc(C)cc4)CO5)cc3C2)cc1.c1ccc2c(c1)CN(c1ccc(Cc3ccc(N4COc5ccccc5C4)cc3)cc1)CO2. The fourth-order valence-corrected chi connectivity index (χ4v) is 14.7. The number of benzene rings is 12. The summed E-state index contributed by atoms with van der Waals surface area (Å²) in [6.07, 6.45) is 0.916. The maximum Gasteiger partial charge on any atom is 0.161 e. The number of fused-ring (bicyclic) bond motifs is 6. The van der Waals surface area contributed by atoms with Crippen LogP contribution in [0.15, 0.2) is 279 Å². The van der Waals surface area contributed by atoms with Crippen molar-refractivity contribution in [2.45, 2.75) is 91.6 Å². The number of hydrogen-bond acceptors (Lipinski definition) is 12. The summed E-state index contributed by atoms with van der Waals surface area (Å²) in [6.45, 7) is 19.7. The highest BCUT2D eigenvalue weighted by Crippen LogP contribution is 2.42. The lowest BCUT2D eigenvalue weighted by atomic mass is 9.77. The van der Waals surface area contributed by atoms with Crippen LogP contribution in [-0.2, 0) is 51.1 Å². The molecule has 0 radical (unpaired) electrons. The molecule has 0 aromatic heterocycles. The standard InChI is InChI=1S/C33H34N2O2.C30H28N2O2.C29H26N2O2/c1-23-5-11-29(12-6-23)34-19-25-17-27(9-15-31(25)36-21-34)33(3,4)28-10-16-32-26(18-28)20-35(22-37-32)30-13-7-24(2)8-14-30;1-22(23-12-14-29-25(16-23)18-31(20-33-29)27-8-4-2-5-9-27)24-13-15-30-26(17-24)19-32(21-34-30)28-10-6-3-7-11-28;1-3-7-28-24(5-1)18-30(20-32-28)26-13-9-22(10-14-26)17-23-11-15-27(16-12-23)31-19-25-6-2-4-8-29(25)33-21-31/h5-18H,19-22H2,1-4H3;2-17,22H,18-21H2,1H3;1-16H,17-21H2. The predicted octanol–water partition coefficient (Wildman–Crippen LogP) is 19.9. The van der Waals surface area contributed by atoms with Crippen molar-refractivity contribution in [1.29, 1.82) is 0 Å². The van der Waals surface area contributed by atoms with Gasteiger partial charge >= 0.3 is 0 Å². The number of aryl methyl sites for hydroxylation is 2. The molecular weight excluding hydrogens is 1290 g/mol. The summed E-state index contributed by atoms with van der Waals surface area (Å²) in [6, 6.07) is 99.1. The highest BCUT2D eigenvalue weighted by molar-refractivity contribution is 5.59. The molecule has 6 heterocycles. The van der Waals surface area contributed by atoms with Crippen molar-refractivity contribution in [3.05, 3.63) is 357 Å². The third kappa shape index (κ3) is 14.8. The van der Waals surface area contributed by atoms with Crippen molar-refractivity contribution in [2.75, 3.05) is 69.8 Å². The molecule has 6 aliphatic rings. The normalized spacial score (nSPS) is 14.8. The molecule has 0 bridgehead atoms. The van der Waals surface area contributed by atoms with Crippen LogP contribution in [0.4, 0.5) is 34.1 Å². The van der Waals surface area contributed by atoms with Crippen molar-refractivity contribution in [1.82, 2.24) is 0 Å². The van der Waals surface area contributed by atoms with Gasteiger partial charge in [-0.25, -0.2) is 0 Å². The minimum absolute atomic E-state index is 0.164. The summed E-state index contributed by atoms with van der Waals surface area (Å²) in [4.78, 5) is 13.6. The van der Waals surface area contributed by atoms with Gasteiger partial charge in [0.1, 0.15) is 34.5 Å². The molecule has 12 aromatic carbocycles. The zero-order chi connectivity index (χ0) is 70.5. The molecule has 6 aliphatic heterocycles. The molecule has 0 fully saturated rings. The Morgan fingerprint density at radius 2 is 0.548 bits per heavy atom. The number of ether oxygens (including phenoxy) is 6. The highest BCUT2D eigenvalue weighted by Gasteiger charge is 2.30. The van der Waals surface area contributed by atoms with E-state index in [9.17, 15) is 0 Å². The van der Waals surface area contributed by atoms with Crippen LogP contribution < -0.4 is 57.8 Å². The third-order valence-electron chi connectivity index (χ3n) is 21.2. The Hall–Kier alpha value is -11.8. The molecule has 12 aromatic rings. The molecule has 0 unspecified atom stereocenters. The van der Waals surface area contributed by atoms with E-state index in [1.807, 2.05) is 36.4 Å². The Bertz CT molecular complexity index is 4650. The minimum Gasteiger partial charge on any atom is -0.473 e. The summed E-state index contributed by atoms with van der Waals surface area (Å²) in [5.41, 5.74) is 24.7. The molecule has 522 valence electrons. The van der Waals surface area contributed by atoms with Crippen LogP contribution in [-0.4, -0.2) is 40.4 Å². The molecule has 0 saturated heterocycles. The monoisotopic (exact) mass is 1370 g/mol. The lowest BCUT2D eigenvalue weighted by Crippen LogP contribution is -2.33. The van der Waals surface area contributed by atoms with Gasteiger partial charge in [-0.15, -0.1) is 0 Å². The molecule has 18 rings (SSSR count). The van der Waals surface area contributed by atoms with Crippen LogP contribution in [0.2, 0.25) is 0 Å². The minimum atomic E-state index is -0.164. The van der Waals surface area contributed by atoms with Crippen molar-refractivity contribution < 1.29 is 28.4 Å². The van der Waals surface area contributed by atoms with Gasteiger partial charge < -0.3 is 57.8 Å². The van der Waals surface area contributed by atoms with Crippen LogP contribution in [0.5, 0.6) is 34.5 Å². The maximum absolute atomic E-state index is 6.13. The fraction of sp³-hybridized carbons (Fsp3) is 0.217. The van der Waals surface area contributed by atoms with E-state index in [1.54, 1.807) is 0 Å². The second-order valence-corrected chi connectivity index (χ2v) is 28.6. The predicted molar refractivity (Wildman–Crippen MR) is 419 cm³/mol. The van der Waals surface area contributed by atoms with Gasteiger partial charge in [0.2, 0.25) is 0 Å². The van der Waals surface area contributed by atoms with Gasteiger partial charge in [-0.1, -0.05) is 177 Å². The van der Waals surface area contributed by atoms with Crippen molar-refractivity contribution in [3.63, 3.8) is 0 Å². The molecule has 0 N–H and O–H groups in total. The van der Waals surface area contributed by atoms with E-state index in [1.165, 1.54) is 112 Å². The topological polar surface area (TPSA) is 74.8 Å². The van der Waals surface area contributed by atoms with Crippen LogP contribution >= 0.6 is 0 Å². The van der Waals surface area contributed by atoms with Crippen molar-refractivity contribution >= 4 is 34.1 Å². The Balaban J connectivity index is 0.000000120. The third-order valence-corrected chi connectivity index (χ3v) is 21.2. The number of hydrogen-bond donors (Lipinski definition) is 0. The summed E-state index contributed by atoms with van der Waals surface area (Å²) >= 11 is 0. The number of nitrogens with zero attached hydrogens (tertiary/aromatic N) is 6. The van der Waals surface area contributed by atoms with Gasteiger partial charge in [0.25, 0.3) is 0 Å². The largest absolute Gasteiger partial charge is 0.473 e. The summed E-state index contributed by atoms with van der Waals surface area (Å²) in [5.74, 6) is 6.20. The lowest BCUT2D eigenvalue weighted by Gasteiger charge is -2.34. The highest BCUT2D eigenvalue weighted by atomic mass is 16.5. The van der Waals surface area contributed by atoms with Crippen molar-refractivity contribution in [2.24, 2.45) is 0 Å². The second kappa shape index (κ2) is 29.7. The number of para-hydroxylation sites is 4. The molecule has 12 nitrogen and oxygen atoms in total. The summed E-state index contributed by atoms with van der Waals surface area (Å²) < 4.78 is 36.2. The van der Waals surface area contributed by atoms with E-state index in [0.29, 0.717) is 40.4 Å². The molecule has 12 heteroatoms. The van der Waals surface area contributed by atoms with E-state index in [2.05, 4.69) is 307 Å². The van der Waals surface area contributed by atoms with Gasteiger partial charge in [-0.3, -0.25) is 0 Å². The van der Waals surface area contributed by atoms with E-state index in [-0.39, 0.29) is 11.3 Å². The first-order chi connectivity index (χ1) is 50.9. The maximum atomic E-state index is 6.13. The fourth-order valence-electron chi connectivity index (χ4n) is 14.7. The van der Waals surface area contributed by atoms with Gasteiger partial charge in [0.15, 0.2) is 40.4 Å². The first kappa shape index (κ1) is 66.8. The van der Waals surface area contributed by atoms with Crippen LogP contribution in [0.1, 0.15) is 105 Å². The van der Waals surface area contributed by atoms with Crippen molar-refractivity contribution in [3.8, 4) is 34.5 Å². The number of rotatable bonds is 12. The molecule has 0 amide bonds. The van der Waals surface area contributed by atoms with E-state index in [4.69, 9.17) is 28.4 Å². The molecule has 0 atom stereocenters. The Kier molecular flexibility index (Phi) is 19.0. The van der Waals surface area contributed by atoms with Gasteiger partial charge in [0.05, 0.1) is 0 Å². The van der Waals surface area contributed by atoms with E-state index < -0.39 is 0 Å². The Morgan fingerprint density at radius 3 is 0.894 bits per heavy atom. The number of anilines is 6.